The van der Waals surface area contributed by atoms with E-state index in [2.05, 4.69) is 33.2 Å². The molecule has 0 saturated carbocycles. The zero-order chi connectivity index (χ0) is 23.8. The molecule has 12 heteroatoms. The summed E-state index contributed by atoms with van der Waals surface area (Å²) in [7, 11) is 0. The van der Waals surface area contributed by atoms with Crippen molar-refractivity contribution in [2.45, 2.75) is 63.7 Å². The van der Waals surface area contributed by atoms with Crippen molar-refractivity contribution in [3.63, 3.8) is 0 Å². The number of aliphatic carboxylic acids is 1. The summed E-state index contributed by atoms with van der Waals surface area (Å²) in [4.78, 5) is 58.2. The molecule has 11 nitrogen and oxygen atoms in total. The van der Waals surface area contributed by atoms with E-state index in [-0.39, 0.29) is 24.0 Å². The van der Waals surface area contributed by atoms with E-state index in [9.17, 15) is 24.3 Å². The highest BCUT2D eigenvalue weighted by atomic mass is 32.1. The average molecular weight is 469 g/mol. The van der Waals surface area contributed by atoms with Gasteiger partial charge in [-0.15, -0.1) is 0 Å². The average Bonchev–Trinajstić information content (AvgIpc) is 3.47. The van der Waals surface area contributed by atoms with E-state index in [1.165, 1.54) is 17.4 Å². The Bertz CT molecular complexity index is 804. The zero-order valence-electron chi connectivity index (χ0n) is 18.3. The third kappa shape index (κ3) is 6.45. The molecule has 6 N–H and O–H groups in total. The number of amides is 3. The van der Waals surface area contributed by atoms with Crippen LogP contribution in [0.5, 0.6) is 0 Å². The molecule has 1 aliphatic rings. The van der Waals surface area contributed by atoms with Crippen LogP contribution in [0, 0.1) is 5.92 Å². The van der Waals surface area contributed by atoms with Gasteiger partial charge in [0, 0.05) is 30.6 Å². The van der Waals surface area contributed by atoms with Crippen molar-refractivity contribution in [2.75, 3.05) is 12.3 Å². The van der Waals surface area contributed by atoms with E-state index in [4.69, 9.17) is 5.73 Å². The maximum absolute atomic E-state index is 13.0. The number of hydrogen-bond donors (Lipinski definition) is 6. The number of nitrogens with one attached hydrogen (secondary N) is 3. The third-order valence-electron chi connectivity index (χ3n) is 5.74. The summed E-state index contributed by atoms with van der Waals surface area (Å²) in [5.74, 6) is -2.70. The fraction of sp³-hybridized carbons (Fsp3) is 0.650. The first-order valence-electron chi connectivity index (χ1n) is 10.7. The van der Waals surface area contributed by atoms with Crippen LogP contribution in [0.4, 0.5) is 0 Å². The Morgan fingerprint density at radius 1 is 1.38 bits per heavy atom. The van der Waals surface area contributed by atoms with Gasteiger partial charge in [-0.25, -0.2) is 9.78 Å². The molecule has 0 aliphatic carbocycles. The molecule has 1 fully saturated rings. The number of H-pyrrole nitrogens is 1. The van der Waals surface area contributed by atoms with Crippen LogP contribution in [0.1, 0.15) is 38.8 Å². The Hall–Kier alpha value is -2.60. The Kier molecular flexibility index (Phi) is 9.51. The number of carboxylic acids is 1. The zero-order valence-corrected chi connectivity index (χ0v) is 19.2. The number of carbonyl (C=O) groups is 4. The van der Waals surface area contributed by atoms with Crippen LogP contribution in [-0.2, 0) is 25.6 Å². The minimum Gasteiger partial charge on any atom is -0.480 e. The number of aromatic nitrogens is 2. The first kappa shape index (κ1) is 25.7. The Labute approximate surface area is 192 Å². The number of carboxylic acid groups (broad SMARTS) is 1. The molecule has 1 aromatic heterocycles. The predicted octanol–water partition coefficient (Wildman–Crippen LogP) is -0.699. The highest BCUT2D eigenvalue weighted by Gasteiger charge is 2.38. The molecule has 3 amide bonds. The van der Waals surface area contributed by atoms with E-state index >= 15 is 0 Å². The van der Waals surface area contributed by atoms with E-state index in [0.717, 1.165) is 0 Å². The molecule has 0 aromatic carbocycles. The SMILES string of the molecule is CCC(C)C(NC(=O)C1CCCN1C(=O)C(N)CS)C(=O)NC(Cc1cnc[nH]1)C(=O)O. The van der Waals surface area contributed by atoms with Crippen LogP contribution in [0.15, 0.2) is 12.5 Å². The molecular weight excluding hydrogens is 436 g/mol. The van der Waals surface area contributed by atoms with Crippen LogP contribution in [0.3, 0.4) is 0 Å². The second-order valence-electron chi connectivity index (χ2n) is 8.03. The number of thiol groups is 1. The molecule has 1 aliphatic heterocycles. The van der Waals surface area contributed by atoms with E-state index in [1.54, 1.807) is 6.92 Å². The molecule has 32 heavy (non-hydrogen) atoms. The van der Waals surface area contributed by atoms with Crippen LogP contribution in [-0.4, -0.2) is 80.1 Å². The number of nitrogens with zero attached hydrogens (tertiary/aromatic N) is 2. The summed E-state index contributed by atoms with van der Waals surface area (Å²) in [5, 5.41) is 14.8. The highest BCUT2D eigenvalue weighted by molar-refractivity contribution is 7.80. The highest BCUT2D eigenvalue weighted by Crippen LogP contribution is 2.20. The first-order valence-corrected chi connectivity index (χ1v) is 11.3. The summed E-state index contributed by atoms with van der Waals surface area (Å²) in [6, 6.07) is -3.68. The first-order chi connectivity index (χ1) is 15.2. The number of likely N-dealkylation sites (tertiary alicyclic amines) is 1. The number of imidazole rings is 1. The maximum atomic E-state index is 13.0. The number of hydrogen-bond acceptors (Lipinski definition) is 7. The van der Waals surface area contributed by atoms with Gasteiger partial charge in [0.25, 0.3) is 0 Å². The van der Waals surface area contributed by atoms with E-state index < -0.39 is 42.0 Å². The lowest BCUT2D eigenvalue weighted by atomic mass is 9.97. The fourth-order valence-corrected chi connectivity index (χ4v) is 3.78. The van der Waals surface area contributed by atoms with Crippen molar-refractivity contribution >= 4 is 36.3 Å². The summed E-state index contributed by atoms with van der Waals surface area (Å²) >= 11 is 4.05. The molecule has 0 radical (unpaired) electrons. The number of nitrogens with two attached hydrogens (primary N) is 1. The van der Waals surface area contributed by atoms with Gasteiger partial charge in [0.05, 0.1) is 12.4 Å². The van der Waals surface area contributed by atoms with Crippen molar-refractivity contribution in [2.24, 2.45) is 11.7 Å². The summed E-state index contributed by atoms with van der Waals surface area (Å²) in [6.45, 7) is 4.07. The lowest BCUT2D eigenvalue weighted by molar-refractivity contribution is -0.143. The standard InChI is InChI=1S/C20H32N6O5S/c1-3-11(2)16(18(28)24-14(20(30)31)7-12-8-22-10-23-12)25-17(27)15-5-4-6-26(15)19(29)13(21)9-32/h8,10-11,13-16,32H,3-7,9,21H2,1-2H3,(H,22,23)(H,24,28)(H,25,27)(H,30,31). The van der Waals surface area contributed by atoms with Crippen LogP contribution >= 0.6 is 12.6 Å². The van der Waals surface area contributed by atoms with E-state index in [0.29, 0.717) is 31.5 Å². The van der Waals surface area contributed by atoms with Crippen LogP contribution in [0.25, 0.3) is 0 Å². The van der Waals surface area contributed by atoms with Crippen molar-refractivity contribution < 1.29 is 24.3 Å². The number of aromatic amines is 1. The normalized spacial score (nSPS) is 19.6. The number of rotatable bonds is 11. The Morgan fingerprint density at radius 2 is 2.09 bits per heavy atom. The predicted molar refractivity (Wildman–Crippen MR) is 120 cm³/mol. The molecule has 2 rings (SSSR count). The minimum atomic E-state index is -1.20. The fourth-order valence-electron chi connectivity index (χ4n) is 3.62. The molecule has 1 aromatic rings. The van der Waals surface area contributed by atoms with Gasteiger partial charge in [0.2, 0.25) is 17.7 Å². The second kappa shape index (κ2) is 11.9. The van der Waals surface area contributed by atoms with E-state index in [1.807, 2.05) is 6.92 Å². The third-order valence-corrected chi connectivity index (χ3v) is 6.13. The van der Waals surface area contributed by atoms with Gasteiger partial charge < -0.3 is 31.4 Å². The molecule has 2 heterocycles. The molecule has 0 spiro atoms. The number of carbonyl (C=O) groups excluding carboxylic acids is 3. The van der Waals surface area contributed by atoms with Gasteiger partial charge in [-0.1, -0.05) is 20.3 Å². The monoisotopic (exact) mass is 468 g/mol. The quantitative estimate of drug-likeness (QED) is 0.233. The van der Waals surface area contributed by atoms with Gasteiger partial charge in [-0.2, -0.15) is 12.6 Å². The lowest BCUT2D eigenvalue weighted by Gasteiger charge is -2.30. The molecule has 5 unspecified atom stereocenters. The van der Waals surface area contributed by atoms with Gasteiger partial charge in [-0.3, -0.25) is 14.4 Å². The van der Waals surface area contributed by atoms with Crippen LogP contribution in [0.2, 0.25) is 0 Å². The minimum absolute atomic E-state index is 0.0226. The Balaban J connectivity index is 2.11. The van der Waals surface area contributed by atoms with Crippen LogP contribution < -0.4 is 16.4 Å². The maximum Gasteiger partial charge on any atom is 0.326 e. The molecular formula is C20H32N6O5S. The van der Waals surface area contributed by atoms with Crippen molar-refractivity contribution in [1.82, 2.24) is 25.5 Å². The lowest BCUT2D eigenvalue weighted by Crippen LogP contribution is -2.58. The smallest absolute Gasteiger partial charge is 0.326 e. The summed E-state index contributed by atoms with van der Waals surface area (Å²) in [5.41, 5.74) is 6.35. The largest absolute Gasteiger partial charge is 0.480 e. The Morgan fingerprint density at radius 3 is 2.66 bits per heavy atom. The summed E-state index contributed by atoms with van der Waals surface area (Å²) in [6.07, 6.45) is 4.62. The molecule has 5 atom stereocenters. The topological polar surface area (TPSA) is 171 Å². The summed E-state index contributed by atoms with van der Waals surface area (Å²) < 4.78 is 0. The van der Waals surface area contributed by atoms with Gasteiger partial charge in [0.1, 0.15) is 18.1 Å². The van der Waals surface area contributed by atoms with Gasteiger partial charge >= 0.3 is 5.97 Å². The van der Waals surface area contributed by atoms with Gasteiger partial charge in [0.15, 0.2) is 0 Å². The van der Waals surface area contributed by atoms with Crippen molar-refractivity contribution in [1.29, 1.82) is 0 Å². The second-order valence-corrected chi connectivity index (χ2v) is 8.40. The molecule has 1 saturated heterocycles. The molecule has 178 valence electrons. The van der Waals surface area contributed by atoms with Crippen molar-refractivity contribution in [3.05, 3.63) is 18.2 Å². The van der Waals surface area contributed by atoms with Gasteiger partial charge in [-0.05, 0) is 18.8 Å². The van der Waals surface area contributed by atoms with Crippen molar-refractivity contribution in [3.8, 4) is 0 Å². The molecule has 0 bridgehead atoms.